The number of aliphatic hydroxyl groups excluding tert-OH is 2. The second-order valence-corrected chi connectivity index (χ2v) is 15.0. The van der Waals surface area contributed by atoms with E-state index in [1.807, 2.05) is 6.08 Å². The van der Waals surface area contributed by atoms with E-state index < -0.39 is 12.1 Å². The first-order valence-corrected chi connectivity index (χ1v) is 22.1. The smallest absolute Gasteiger partial charge is 0.305 e. The number of hydrogen-bond donors (Lipinski definition) is 3. The van der Waals surface area contributed by atoms with Gasteiger partial charge in [0.15, 0.2) is 0 Å². The van der Waals surface area contributed by atoms with Gasteiger partial charge in [-0.3, -0.25) is 9.59 Å². The summed E-state index contributed by atoms with van der Waals surface area (Å²) in [6.07, 6.45) is 45.9. The Morgan fingerprint density at radius 2 is 0.941 bits per heavy atom. The number of nitrogens with one attached hydrogen (secondary N) is 1. The molecule has 0 heterocycles. The second kappa shape index (κ2) is 41.1. The Labute approximate surface area is 316 Å². The number of carbonyl (C=O) groups excluding carboxylic acids is 2. The Hall–Kier alpha value is -1.66. The summed E-state index contributed by atoms with van der Waals surface area (Å²) in [5.74, 6) is -0.168. The summed E-state index contributed by atoms with van der Waals surface area (Å²) in [6, 6.07) is -0.662. The monoisotopic (exact) mass is 720 g/mol. The molecule has 2 atom stereocenters. The minimum atomic E-state index is -0.872. The highest BCUT2D eigenvalue weighted by atomic mass is 16.5. The molecule has 0 aliphatic heterocycles. The Morgan fingerprint density at radius 1 is 0.529 bits per heavy atom. The summed E-state index contributed by atoms with van der Waals surface area (Å²) in [5.41, 5.74) is 0. The Kier molecular flexibility index (Phi) is 39.8. The molecule has 0 aliphatic carbocycles. The summed E-state index contributed by atoms with van der Waals surface area (Å²) in [7, 11) is 0. The molecule has 0 aromatic rings. The average molecular weight is 720 g/mol. The van der Waals surface area contributed by atoms with Crippen molar-refractivity contribution < 1.29 is 24.5 Å². The number of hydrogen-bond acceptors (Lipinski definition) is 5. The molecular weight excluding hydrogens is 634 g/mol. The molecule has 2 unspecified atom stereocenters. The largest absolute Gasteiger partial charge is 0.466 e. The quantitative estimate of drug-likeness (QED) is 0.0333. The molecule has 3 N–H and O–H groups in total. The van der Waals surface area contributed by atoms with Gasteiger partial charge >= 0.3 is 5.97 Å². The first kappa shape index (κ1) is 49.3. The normalized spacial score (nSPS) is 12.9. The molecule has 0 bridgehead atoms. The third kappa shape index (κ3) is 37.9. The number of unbranched alkanes of at least 4 members (excludes halogenated alkanes) is 27. The van der Waals surface area contributed by atoms with Gasteiger partial charge in [-0.15, -0.1) is 0 Å². The van der Waals surface area contributed by atoms with Crippen molar-refractivity contribution in [2.45, 2.75) is 238 Å². The molecule has 1 amide bonds. The van der Waals surface area contributed by atoms with Crippen molar-refractivity contribution in [2.24, 2.45) is 0 Å². The molecule has 0 aliphatic rings. The van der Waals surface area contributed by atoms with Crippen molar-refractivity contribution >= 4 is 11.9 Å². The fraction of sp³-hybridized carbons (Fsp3) is 0.867. The number of esters is 1. The lowest BCUT2D eigenvalue weighted by Crippen LogP contribution is -2.45. The van der Waals surface area contributed by atoms with Gasteiger partial charge in [-0.1, -0.05) is 186 Å². The second-order valence-electron chi connectivity index (χ2n) is 15.0. The van der Waals surface area contributed by atoms with E-state index in [-0.39, 0.29) is 18.5 Å². The Morgan fingerprint density at radius 3 is 1.43 bits per heavy atom. The molecule has 0 fully saturated rings. The lowest BCUT2D eigenvalue weighted by atomic mass is 10.0. The third-order valence-electron chi connectivity index (χ3n) is 9.97. The van der Waals surface area contributed by atoms with Gasteiger partial charge in [-0.2, -0.15) is 0 Å². The summed E-state index contributed by atoms with van der Waals surface area (Å²) in [6.45, 7) is 4.78. The third-order valence-corrected chi connectivity index (χ3v) is 9.97. The fourth-order valence-electron chi connectivity index (χ4n) is 6.52. The van der Waals surface area contributed by atoms with Gasteiger partial charge in [-0.25, -0.2) is 0 Å². The maximum absolute atomic E-state index is 12.3. The van der Waals surface area contributed by atoms with E-state index in [1.165, 1.54) is 128 Å². The van der Waals surface area contributed by atoms with Crippen LogP contribution in [0.25, 0.3) is 0 Å². The molecule has 6 heteroatoms. The van der Waals surface area contributed by atoms with Gasteiger partial charge in [0.25, 0.3) is 0 Å². The van der Waals surface area contributed by atoms with Crippen LogP contribution in [0.3, 0.4) is 0 Å². The Balaban J connectivity index is 3.59. The van der Waals surface area contributed by atoms with Crippen LogP contribution in [0.4, 0.5) is 0 Å². The van der Waals surface area contributed by atoms with Crippen LogP contribution in [0.1, 0.15) is 226 Å². The lowest BCUT2D eigenvalue weighted by molar-refractivity contribution is -0.143. The summed E-state index contributed by atoms with van der Waals surface area (Å²) in [4.78, 5) is 24.3. The topological polar surface area (TPSA) is 95.9 Å². The zero-order chi connectivity index (χ0) is 37.3. The zero-order valence-corrected chi connectivity index (χ0v) is 33.8. The molecule has 0 saturated heterocycles. The standard InChI is InChI=1S/C45H85NO5/c1-3-5-7-9-11-13-15-17-19-23-27-31-35-39-45(50)51-40-36-32-28-24-20-22-26-30-34-38-44(49)46-42(41-47)43(48)37-33-29-25-21-18-16-14-12-10-8-6-4-2/h22,26,33,37,42-43,47-48H,3-21,23-25,27-32,34-36,38-41H2,1-2H3,(H,46,49)/b26-22-,37-33+. The highest BCUT2D eigenvalue weighted by Crippen LogP contribution is 2.14. The molecule has 0 spiro atoms. The predicted molar refractivity (Wildman–Crippen MR) is 218 cm³/mol. The maximum atomic E-state index is 12.3. The van der Waals surface area contributed by atoms with Gasteiger partial charge in [-0.05, 0) is 51.4 Å². The molecule has 0 rings (SSSR count). The minimum absolute atomic E-state index is 0.0376. The highest BCUT2D eigenvalue weighted by Gasteiger charge is 2.17. The van der Waals surface area contributed by atoms with Gasteiger partial charge in [0.2, 0.25) is 5.91 Å². The Bertz CT molecular complexity index is 797. The molecule has 300 valence electrons. The van der Waals surface area contributed by atoms with E-state index in [4.69, 9.17) is 4.74 Å². The van der Waals surface area contributed by atoms with Crippen LogP contribution in [0.5, 0.6) is 0 Å². The van der Waals surface area contributed by atoms with E-state index in [0.29, 0.717) is 19.4 Å². The van der Waals surface area contributed by atoms with Crippen LogP contribution >= 0.6 is 0 Å². The highest BCUT2D eigenvalue weighted by molar-refractivity contribution is 5.76. The van der Waals surface area contributed by atoms with Crippen molar-refractivity contribution in [1.29, 1.82) is 0 Å². The number of rotatable bonds is 40. The van der Waals surface area contributed by atoms with Crippen LogP contribution in [-0.4, -0.2) is 47.4 Å². The van der Waals surface area contributed by atoms with E-state index in [0.717, 1.165) is 70.6 Å². The van der Waals surface area contributed by atoms with Crippen LogP contribution in [0, 0.1) is 0 Å². The van der Waals surface area contributed by atoms with Crippen molar-refractivity contribution in [1.82, 2.24) is 5.32 Å². The number of carbonyl (C=O) groups is 2. The fourth-order valence-corrected chi connectivity index (χ4v) is 6.52. The first-order valence-electron chi connectivity index (χ1n) is 22.1. The first-order chi connectivity index (χ1) is 25.0. The zero-order valence-electron chi connectivity index (χ0n) is 33.8. The van der Waals surface area contributed by atoms with Gasteiger partial charge in [0.1, 0.15) is 0 Å². The number of allylic oxidation sites excluding steroid dienone is 3. The number of aliphatic hydroxyl groups is 2. The van der Waals surface area contributed by atoms with E-state index >= 15 is 0 Å². The van der Waals surface area contributed by atoms with E-state index in [2.05, 4.69) is 31.3 Å². The van der Waals surface area contributed by atoms with E-state index in [9.17, 15) is 19.8 Å². The van der Waals surface area contributed by atoms with Gasteiger partial charge in [0.05, 0.1) is 25.4 Å². The summed E-state index contributed by atoms with van der Waals surface area (Å²) in [5, 5.41) is 22.9. The van der Waals surface area contributed by atoms with Crippen molar-refractivity contribution in [3.05, 3.63) is 24.3 Å². The molecule has 6 nitrogen and oxygen atoms in total. The SMILES string of the molecule is CCCCCCCCCCCC/C=C/C(O)C(CO)NC(=O)CCC/C=C\CCCCCCOC(=O)CCCCCCCCCCCCCCC. The molecular formula is C45H85NO5. The van der Waals surface area contributed by atoms with E-state index in [1.54, 1.807) is 6.08 Å². The molecule has 0 radical (unpaired) electrons. The molecule has 0 aromatic carbocycles. The van der Waals surface area contributed by atoms with Crippen LogP contribution in [0.2, 0.25) is 0 Å². The number of ether oxygens (including phenoxy) is 1. The average Bonchev–Trinajstić information content (AvgIpc) is 3.13. The molecule has 51 heavy (non-hydrogen) atoms. The summed E-state index contributed by atoms with van der Waals surface area (Å²) >= 11 is 0. The van der Waals surface area contributed by atoms with Crippen molar-refractivity contribution in [2.75, 3.05) is 13.2 Å². The van der Waals surface area contributed by atoms with Crippen molar-refractivity contribution in [3.8, 4) is 0 Å². The maximum Gasteiger partial charge on any atom is 0.305 e. The van der Waals surface area contributed by atoms with Crippen LogP contribution in [0.15, 0.2) is 24.3 Å². The van der Waals surface area contributed by atoms with Crippen LogP contribution in [-0.2, 0) is 14.3 Å². The predicted octanol–water partition coefficient (Wildman–Crippen LogP) is 12.4. The van der Waals surface area contributed by atoms with Crippen LogP contribution < -0.4 is 5.32 Å². The van der Waals surface area contributed by atoms with Gasteiger partial charge in [0, 0.05) is 12.8 Å². The minimum Gasteiger partial charge on any atom is -0.466 e. The molecule has 0 saturated carbocycles. The van der Waals surface area contributed by atoms with Crippen molar-refractivity contribution in [3.63, 3.8) is 0 Å². The number of amides is 1. The lowest BCUT2D eigenvalue weighted by Gasteiger charge is -2.19. The summed E-state index contributed by atoms with van der Waals surface area (Å²) < 4.78 is 5.42. The molecule has 0 aromatic heterocycles. The van der Waals surface area contributed by atoms with Gasteiger partial charge < -0.3 is 20.3 Å².